The van der Waals surface area contributed by atoms with Gasteiger partial charge in [-0.1, -0.05) is 0 Å². The van der Waals surface area contributed by atoms with Crippen LogP contribution in [-0.4, -0.2) is 4.98 Å². The summed E-state index contributed by atoms with van der Waals surface area (Å²) in [5.41, 5.74) is -1.09. The van der Waals surface area contributed by atoms with E-state index in [4.69, 9.17) is 16.9 Å². The zero-order chi connectivity index (χ0) is 11.4. The first-order valence-electron chi connectivity index (χ1n) is 3.99. The smallest absolute Gasteiger partial charge is 0.257 e. The molecule has 0 fully saturated rings. The summed E-state index contributed by atoms with van der Waals surface area (Å²) in [6.07, 6.45) is -2.22. The summed E-state index contributed by atoms with van der Waals surface area (Å²) in [6.45, 7) is 0. The second-order valence-electron chi connectivity index (χ2n) is 2.73. The lowest BCUT2D eigenvalue weighted by molar-refractivity contribution is 0.145. The number of aromatic nitrogens is 1. The molecule has 1 aromatic rings. The van der Waals surface area contributed by atoms with Crippen LogP contribution in [0.15, 0.2) is 6.20 Å². The van der Waals surface area contributed by atoms with Crippen LogP contribution in [0, 0.1) is 17.1 Å². The van der Waals surface area contributed by atoms with Gasteiger partial charge in [-0.25, -0.2) is 13.2 Å². The van der Waals surface area contributed by atoms with E-state index in [0.29, 0.717) is 0 Å². The van der Waals surface area contributed by atoms with Gasteiger partial charge >= 0.3 is 0 Å². The fraction of sp³-hybridized carbons (Fsp3) is 0.333. The summed E-state index contributed by atoms with van der Waals surface area (Å²) in [7, 11) is 0. The standard InChI is InChI=1S/C9H6ClF3N2/c10-3-5-4-15-6(1-2-14)8(11)7(5)9(12)13/h4,9H,1,3H2. The molecular weight excluding hydrogens is 229 g/mol. The maximum absolute atomic E-state index is 13.4. The fourth-order valence-electron chi connectivity index (χ4n) is 1.12. The SMILES string of the molecule is N#CCc1ncc(CCl)c(C(F)F)c1F. The van der Waals surface area contributed by atoms with Crippen LogP contribution in [0.5, 0.6) is 0 Å². The van der Waals surface area contributed by atoms with E-state index in [1.165, 1.54) is 0 Å². The van der Waals surface area contributed by atoms with Gasteiger partial charge in [0, 0.05) is 12.1 Å². The van der Waals surface area contributed by atoms with Crippen molar-refractivity contribution in [1.82, 2.24) is 4.98 Å². The third-order valence-corrected chi connectivity index (χ3v) is 2.11. The highest BCUT2D eigenvalue weighted by molar-refractivity contribution is 6.17. The zero-order valence-electron chi connectivity index (χ0n) is 7.48. The summed E-state index contributed by atoms with van der Waals surface area (Å²) in [5, 5.41) is 8.33. The molecule has 0 radical (unpaired) electrons. The molecule has 0 aliphatic rings. The fourth-order valence-corrected chi connectivity index (χ4v) is 1.33. The zero-order valence-corrected chi connectivity index (χ0v) is 8.23. The van der Waals surface area contributed by atoms with E-state index >= 15 is 0 Å². The van der Waals surface area contributed by atoms with E-state index in [0.717, 1.165) is 6.20 Å². The first-order chi connectivity index (χ1) is 7.11. The lowest BCUT2D eigenvalue weighted by Gasteiger charge is -2.09. The molecule has 0 spiro atoms. The van der Waals surface area contributed by atoms with E-state index in [9.17, 15) is 13.2 Å². The predicted molar refractivity (Wildman–Crippen MR) is 48.0 cm³/mol. The largest absolute Gasteiger partial charge is 0.267 e. The molecule has 0 unspecified atom stereocenters. The highest BCUT2D eigenvalue weighted by Gasteiger charge is 2.21. The van der Waals surface area contributed by atoms with E-state index in [2.05, 4.69) is 4.98 Å². The lowest BCUT2D eigenvalue weighted by Crippen LogP contribution is -2.04. The third-order valence-electron chi connectivity index (χ3n) is 1.82. The van der Waals surface area contributed by atoms with Crippen molar-refractivity contribution in [2.45, 2.75) is 18.7 Å². The third kappa shape index (κ3) is 2.39. The molecule has 80 valence electrons. The van der Waals surface area contributed by atoms with Crippen LogP contribution in [-0.2, 0) is 12.3 Å². The topological polar surface area (TPSA) is 36.7 Å². The molecule has 0 saturated carbocycles. The minimum atomic E-state index is -2.96. The van der Waals surface area contributed by atoms with Crippen molar-refractivity contribution in [2.24, 2.45) is 0 Å². The Bertz CT molecular complexity index is 401. The van der Waals surface area contributed by atoms with Crippen molar-refractivity contribution in [3.63, 3.8) is 0 Å². The number of hydrogen-bond acceptors (Lipinski definition) is 2. The summed E-state index contributed by atoms with van der Waals surface area (Å²) < 4.78 is 38.4. The molecule has 1 rings (SSSR count). The molecule has 0 aromatic carbocycles. The Kier molecular flexibility index (Phi) is 3.92. The molecule has 0 aliphatic carbocycles. The normalized spacial score (nSPS) is 10.4. The monoisotopic (exact) mass is 234 g/mol. The van der Waals surface area contributed by atoms with Gasteiger partial charge in [0.1, 0.15) is 0 Å². The summed E-state index contributed by atoms with van der Waals surface area (Å²) >= 11 is 5.37. The second kappa shape index (κ2) is 4.99. The van der Waals surface area contributed by atoms with Crippen LogP contribution in [0.2, 0.25) is 0 Å². The Labute approximate surface area is 89.3 Å². The molecule has 0 atom stereocenters. The molecule has 0 amide bonds. The van der Waals surface area contributed by atoms with Gasteiger partial charge in [-0.05, 0) is 5.56 Å². The van der Waals surface area contributed by atoms with Crippen LogP contribution in [0.4, 0.5) is 13.2 Å². The molecule has 0 bridgehead atoms. The van der Waals surface area contributed by atoms with Gasteiger partial charge in [-0.15, -0.1) is 11.6 Å². The van der Waals surface area contributed by atoms with Crippen molar-refractivity contribution in [3.05, 3.63) is 28.8 Å². The van der Waals surface area contributed by atoms with Crippen molar-refractivity contribution < 1.29 is 13.2 Å². The molecule has 0 N–H and O–H groups in total. The minimum absolute atomic E-state index is 0.0501. The molecule has 1 heterocycles. The Morgan fingerprint density at radius 1 is 1.53 bits per heavy atom. The van der Waals surface area contributed by atoms with Gasteiger partial charge < -0.3 is 0 Å². The van der Waals surface area contributed by atoms with Crippen LogP contribution >= 0.6 is 11.6 Å². The highest BCUT2D eigenvalue weighted by Crippen LogP contribution is 2.28. The molecule has 0 saturated heterocycles. The van der Waals surface area contributed by atoms with Crippen molar-refractivity contribution in [3.8, 4) is 6.07 Å². The van der Waals surface area contributed by atoms with Crippen LogP contribution in [0.3, 0.4) is 0 Å². The number of nitrogens with zero attached hydrogens (tertiary/aromatic N) is 2. The number of nitriles is 1. The molecule has 6 heteroatoms. The van der Waals surface area contributed by atoms with Gasteiger partial charge in [-0.2, -0.15) is 5.26 Å². The molecular formula is C9H6ClF3N2. The first-order valence-corrected chi connectivity index (χ1v) is 4.52. The molecule has 1 aromatic heterocycles. The van der Waals surface area contributed by atoms with Gasteiger partial charge in [-0.3, -0.25) is 4.98 Å². The average Bonchev–Trinajstić information content (AvgIpc) is 2.20. The van der Waals surface area contributed by atoms with Gasteiger partial charge in [0.05, 0.1) is 23.7 Å². The van der Waals surface area contributed by atoms with Crippen LogP contribution in [0.1, 0.15) is 23.2 Å². The molecule has 0 aliphatic heterocycles. The number of pyridine rings is 1. The predicted octanol–water partition coefficient (Wildman–Crippen LogP) is 2.96. The van der Waals surface area contributed by atoms with Crippen molar-refractivity contribution in [1.29, 1.82) is 5.26 Å². The summed E-state index contributed by atoms with van der Waals surface area (Å²) in [4.78, 5) is 3.57. The lowest BCUT2D eigenvalue weighted by atomic mass is 10.1. The maximum atomic E-state index is 13.4. The van der Waals surface area contributed by atoms with Gasteiger partial charge in [0.25, 0.3) is 6.43 Å². The number of rotatable bonds is 3. The van der Waals surface area contributed by atoms with E-state index < -0.39 is 17.8 Å². The van der Waals surface area contributed by atoms with Gasteiger partial charge in [0.2, 0.25) is 0 Å². The Morgan fingerprint density at radius 3 is 2.67 bits per heavy atom. The number of halogens is 4. The average molecular weight is 235 g/mol. The van der Waals surface area contributed by atoms with E-state index in [1.807, 2.05) is 0 Å². The minimum Gasteiger partial charge on any atom is -0.257 e. The Morgan fingerprint density at radius 2 is 2.20 bits per heavy atom. The van der Waals surface area contributed by atoms with Gasteiger partial charge in [0.15, 0.2) is 5.82 Å². The molecule has 15 heavy (non-hydrogen) atoms. The second-order valence-corrected chi connectivity index (χ2v) is 2.99. The van der Waals surface area contributed by atoms with Crippen LogP contribution in [0.25, 0.3) is 0 Å². The summed E-state index contributed by atoms with van der Waals surface area (Å²) in [6, 6.07) is 1.65. The first kappa shape index (κ1) is 11.8. The van der Waals surface area contributed by atoms with E-state index in [1.54, 1.807) is 6.07 Å². The van der Waals surface area contributed by atoms with E-state index in [-0.39, 0.29) is 23.6 Å². The molecule has 2 nitrogen and oxygen atoms in total. The quantitative estimate of drug-likeness (QED) is 0.754. The van der Waals surface area contributed by atoms with Crippen molar-refractivity contribution >= 4 is 11.6 Å². The number of hydrogen-bond donors (Lipinski definition) is 0. The Hall–Kier alpha value is -1.28. The highest BCUT2D eigenvalue weighted by atomic mass is 35.5. The van der Waals surface area contributed by atoms with Crippen LogP contribution < -0.4 is 0 Å². The summed E-state index contributed by atoms with van der Waals surface area (Å²) in [5.74, 6) is -1.37. The maximum Gasteiger partial charge on any atom is 0.267 e. The Balaban J connectivity index is 3.30. The number of alkyl halides is 3. The van der Waals surface area contributed by atoms with Crippen molar-refractivity contribution in [2.75, 3.05) is 0 Å².